The first kappa shape index (κ1) is 17.1. The lowest BCUT2D eigenvalue weighted by Gasteiger charge is -2.14. The molecule has 0 spiro atoms. The van der Waals surface area contributed by atoms with Crippen molar-refractivity contribution in [1.82, 2.24) is 4.98 Å². The van der Waals surface area contributed by atoms with Crippen molar-refractivity contribution >= 4 is 44.4 Å². The van der Waals surface area contributed by atoms with Crippen LogP contribution in [-0.2, 0) is 9.53 Å². The van der Waals surface area contributed by atoms with Crippen molar-refractivity contribution in [3.63, 3.8) is 0 Å². The molecule has 0 aliphatic heterocycles. The Bertz CT molecular complexity index is 937. The molecule has 25 heavy (non-hydrogen) atoms. The number of benzene rings is 2. The lowest BCUT2D eigenvalue weighted by molar-refractivity contribution is -0.123. The Balaban J connectivity index is 1.72. The third-order valence-corrected chi connectivity index (χ3v) is 4.09. The van der Waals surface area contributed by atoms with Gasteiger partial charge in [0.2, 0.25) is 0 Å². The van der Waals surface area contributed by atoms with Crippen LogP contribution in [0.3, 0.4) is 0 Å². The molecule has 3 rings (SSSR count). The van der Waals surface area contributed by atoms with E-state index in [4.69, 9.17) is 4.74 Å². The molecule has 1 amide bonds. The molecule has 126 valence electrons. The minimum absolute atomic E-state index is 0.334. The van der Waals surface area contributed by atoms with Crippen molar-refractivity contribution in [1.29, 1.82) is 0 Å². The largest absolute Gasteiger partial charge is 0.449 e. The molecular weight excluding hydrogens is 384 g/mol. The van der Waals surface area contributed by atoms with Crippen LogP contribution in [0.25, 0.3) is 10.9 Å². The predicted octanol–water partition coefficient (Wildman–Crippen LogP) is 4.18. The van der Waals surface area contributed by atoms with Crippen LogP contribution in [0.15, 0.2) is 65.3 Å². The van der Waals surface area contributed by atoms with Gasteiger partial charge in [0.1, 0.15) is 0 Å². The van der Waals surface area contributed by atoms with E-state index in [1.165, 1.54) is 6.92 Å². The summed E-state index contributed by atoms with van der Waals surface area (Å²) in [4.78, 5) is 28.9. The number of ether oxygens (including phenoxy) is 1. The maximum Gasteiger partial charge on any atom is 0.341 e. The van der Waals surface area contributed by atoms with E-state index in [1.54, 1.807) is 42.6 Å². The van der Waals surface area contributed by atoms with E-state index in [1.807, 2.05) is 18.2 Å². The zero-order valence-corrected chi connectivity index (χ0v) is 15.0. The number of aromatic nitrogens is 1. The summed E-state index contributed by atoms with van der Waals surface area (Å²) in [5.74, 6) is -0.985. The van der Waals surface area contributed by atoms with E-state index >= 15 is 0 Å². The summed E-state index contributed by atoms with van der Waals surface area (Å²) >= 11 is 3.34. The third kappa shape index (κ3) is 4.03. The first-order chi connectivity index (χ1) is 12.0. The molecule has 0 aliphatic rings. The van der Waals surface area contributed by atoms with Gasteiger partial charge in [-0.05, 0) is 37.3 Å². The van der Waals surface area contributed by atoms with Gasteiger partial charge in [-0.2, -0.15) is 0 Å². The smallest absolute Gasteiger partial charge is 0.341 e. The van der Waals surface area contributed by atoms with E-state index in [0.717, 1.165) is 9.86 Å². The van der Waals surface area contributed by atoms with E-state index in [2.05, 4.69) is 26.2 Å². The molecule has 0 bridgehead atoms. The minimum atomic E-state index is -0.939. The van der Waals surface area contributed by atoms with Gasteiger partial charge in [0.15, 0.2) is 6.10 Å². The van der Waals surface area contributed by atoms with E-state index < -0.39 is 18.0 Å². The summed E-state index contributed by atoms with van der Waals surface area (Å²) in [5, 5.41) is 3.55. The highest BCUT2D eigenvalue weighted by Gasteiger charge is 2.20. The average Bonchev–Trinajstić information content (AvgIpc) is 2.61. The number of hydrogen-bond acceptors (Lipinski definition) is 4. The van der Waals surface area contributed by atoms with Crippen LogP contribution in [0.4, 0.5) is 5.69 Å². The van der Waals surface area contributed by atoms with Gasteiger partial charge in [-0.3, -0.25) is 9.78 Å². The summed E-state index contributed by atoms with van der Waals surface area (Å²) in [6, 6.07) is 16.1. The highest BCUT2D eigenvalue weighted by molar-refractivity contribution is 9.10. The number of nitrogens with zero attached hydrogens (tertiary/aromatic N) is 1. The Morgan fingerprint density at radius 2 is 1.88 bits per heavy atom. The number of fused-ring (bicyclic) bond motifs is 1. The number of para-hydroxylation sites is 1. The molecule has 0 fully saturated rings. The third-order valence-electron chi connectivity index (χ3n) is 3.60. The second-order valence-electron chi connectivity index (χ2n) is 5.43. The number of hydrogen-bond donors (Lipinski definition) is 1. The van der Waals surface area contributed by atoms with Crippen LogP contribution < -0.4 is 5.32 Å². The zero-order valence-electron chi connectivity index (χ0n) is 13.4. The number of carbonyl (C=O) groups excluding carboxylic acids is 2. The topological polar surface area (TPSA) is 68.3 Å². The van der Waals surface area contributed by atoms with Crippen molar-refractivity contribution in [3.05, 3.63) is 70.8 Å². The van der Waals surface area contributed by atoms with Crippen molar-refractivity contribution in [2.75, 3.05) is 5.32 Å². The molecule has 1 aromatic heterocycles. The molecule has 1 heterocycles. The van der Waals surface area contributed by atoms with E-state index in [9.17, 15) is 9.59 Å². The number of carbonyl (C=O) groups is 2. The maximum atomic E-state index is 12.4. The van der Waals surface area contributed by atoms with Crippen molar-refractivity contribution in [3.8, 4) is 0 Å². The van der Waals surface area contributed by atoms with Crippen molar-refractivity contribution in [2.24, 2.45) is 0 Å². The molecule has 0 saturated heterocycles. The molecule has 0 radical (unpaired) electrons. The first-order valence-corrected chi connectivity index (χ1v) is 8.45. The normalized spacial score (nSPS) is 11.8. The molecule has 0 unspecified atom stereocenters. The van der Waals surface area contributed by atoms with Gasteiger partial charge in [0.25, 0.3) is 5.91 Å². The monoisotopic (exact) mass is 398 g/mol. The van der Waals surface area contributed by atoms with Crippen LogP contribution in [0, 0.1) is 0 Å². The summed E-state index contributed by atoms with van der Waals surface area (Å²) in [7, 11) is 0. The van der Waals surface area contributed by atoms with E-state index in [0.29, 0.717) is 16.8 Å². The number of esters is 1. The Labute approximate surface area is 153 Å². The molecule has 0 aliphatic carbocycles. The van der Waals surface area contributed by atoms with E-state index in [-0.39, 0.29) is 0 Å². The van der Waals surface area contributed by atoms with Crippen LogP contribution in [-0.4, -0.2) is 23.0 Å². The fraction of sp³-hybridized carbons (Fsp3) is 0.105. The highest BCUT2D eigenvalue weighted by Crippen LogP contribution is 2.18. The molecular formula is C19H15BrN2O3. The molecule has 1 atom stereocenters. The number of halogens is 1. The number of rotatable bonds is 4. The lowest BCUT2D eigenvalue weighted by Crippen LogP contribution is -2.30. The summed E-state index contributed by atoms with van der Waals surface area (Å²) in [5.41, 5.74) is 1.50. The second-order valence-corrected chi connectivity index (χ2v) is 6.34. The van der Waals surface area contributed by atoms with Crippen LogP contribution in [0.5, 0.6) is 0 Å². The fourth-order valence-corrected chi connectivity index (χ4v) is 2.76. The molecule has 5 nitrogen and oxygen atoms in total. The first-order valence-electron chi connectivity index (χ1n) is 7.66. The Morgan fingerprint density at radius 1 is 1.12 bits per heavy atom. The van der Waals surface area contributed by atoms with Crippen LogP contribution >= 0.6 is 15.9 Å². The second kappa shape index (κ2) is 7.44. The van der Waals surface area contributed by atoms with Gasteiger partial charge >= 0.3 is 5.97 Å². The quantitative estimate of drug-likeness (QED) is 0.669. The van der Waals surface area contributed by atoms with Crippen molar-refractivity contribution in [2.45, 2.75) is 13.0 Å². The Hall–Kier alpha value is -2.73. The maximum absolute atomic E-state index is 12.4. The van der Waals surface area contributed by atoms with Gasteiger partial charge in [0.05, 0.1) is 11.1 Å². The Kier molecular flexibility index (Phi) is 5.09. The van der Waals surface area contributed by atoms with Gasteiger partial charge in [0, 0.05) is 21.7 Å². The highest BCUT2D eigenvalue weighted by atomic mass is 79.9. The van der Waals surface area contributed by atoms with Gasteiger partial charge in [-0.25, -0.2) is 4.79 Å². The van der Waals surface area contributed by atoms with Crippen LogP contribution in [0.1, 0.15) is 17.3 Å². The SMILES string of the molecule is C[C@@H](OC(=O)c1cccc2cccnc12)C(=O)Nc1cccc(Br)c1. The van der Waals surface area contributed by atoms with Crippen molar-refractivity contribution < 1.29 is 14.3 Å². The van der Waals surface area contributed by atoms with Gasteiger partial charge < -0.3 is 10.1 Å². The molecule has 0 saturated carbocycles. The molecule has 6 heteroatoms. The average molecular weight is 399 g/mol. The zero-order chi connectivity index (χ0) is 17.8. The Morgan fingerprint density at radius 3 is 2.68 bits per heavy atom. The number of pyridine rings is 1. The number of amides is 1. The number of anilines is 1. The molecule has 1 N–H and O–H groups in total. The summed E-state index contributed by atoms with van der Waals surface area (Å²) < 4.78 is 6.15. The predicted molar refractivity (Wildman–Crippen MR) is 99.4 cm³/mol. The summed E-state index contributed by atoms with van der Waals surface area (Å²) in [6.45, 7) is 1.53. The molecule has 2 aromatic carbocycles. The fourth-order valence-electron chi connectivity index (χ4n) is 2.36. The minimum Gasteiger partial charge on any atom is -0.449 e. The van der Waals surface area contributed by atoms with Crippen LogP contribution in [0.2, 0.25) is 0 Å². The standard InChI is InChI=1S/C19H15BrN2O3/c1-12(18(23)22-15-8-3-7-14(20)11-15)25-19(24)16-9-2-5-13-6-4-10-21-17(13)16/h2-12H,1H3,(H,22,23)/t12-/m1/s1. The lowest BCUT2D eigenvalue weighted by atomic mass is 10.1. The van der Waals surface area contributed by atoms with Gasteiger partial charge in [-0.1, -0.05) is 40.2 Å². The number of nitrogens with one attached hydrogen (secondary N) is 1. The summed E-state index contributed by atoms with van der Waals surface area (Å²) in [6.07, 6.45) is 0.674. The van der Waals surface area contributed by atoms with Gasteiger partial charge in [-0.15, -0.1) is 0 Å². The molecule has 3 aromatic rings.